The summed E-state index contributed by atoms with van der Waals surface area (Å²) in [6.45, 7) is 3.56. The summed E-state index contributed by atoms with van der Waals surface area (Å²) in [5.41, 5.74) is 6.43. The SMILES string of the molecule is COCCOCCOc1cc(C)c(F)cc1N. The predicted octanol–water partition coefficient (Wildman–Crippen LogP) is 1.76. The Bertz CT molecular complexity index is 358. The van der Waals surface area contributed by atoms with E-state index in [9.17, 15) is 4.39 Å². The van der Waals surface area contributed by atoms with Crippen molar-refractivity contribution in [2.75, 3.05) is 39.3 Å². The van der Waals surface area contributed by atoms with Gasteiger partial charge in [0, 0.05) is 13.2 Å². The van der Waals surface area contributed by atoms with Gasteiger partial charge in [-0.25, -0.2) is 4.39 Å². The average Bonchev–Trinajstić information content (AvgIpc) is 2.30. The number of ether oxygens (including phenoxy) is 3. The third-order valence-electron chi connectivity index (χ3n) is 2.21. The molecule has 5 heteroatoms. The van der Waals surface area contributed by atoms with Crippen LogP contribution in [0.2, 0.25) is 0 Å². The number of aryl methyl sites for hydroxylation is 1. The lowest BCUT2D eigenvalue weighted by atomic mass is 10.2. The van der Waals surface area contributed by atoms with Crippen LogP contribution in [0.1, 0.15) is 5.56 Å². The number of methoxy groups -OCH3 is 1. The van der Waals surface area contributed by atoms with E-state index in [-0.39, 0.29) is 5.82 Å². The molecular formula is C12H18FNO3. The molecule has 96 valence electrons. The summed E-state index contributed by atoms with van der Waals surface area (Å²) in [6, 6.07) is 2.84. The lowest BCUT2D eigenvalue weighted by molar-refractivity contribution is 0.0545. The van der Waals surface area contributed by atoms with Gasteiger partial charge in [0.15, 0.2) is 0 Å². The van der Waals surface area contributed by atoms with Crippen molar-refractivity contribution in [2.45, 2.75) is 6.92 Å². The highest BCUT2D eigenvalue weighted by Crippen LogP contribution is 2.24. The van der Waals surface area contributed by atoms with Gasteiger partial charge in [0.2, 0.25) is 0 Å². The van der Waals surface area contributed by atoms with Gasteiger partial charge in [0.1, 0.15) is 18.2 Å². The zero-order chi connectivity index (χ0) is 12.7. The van der Waals surface area contributed by atoms with Crippen LogP contribution in [0.15, 0.2) is 12.1 Å². The minimum Gasteiger partial charge on any atom is -0.489 e. The number of nitrogen functional groups attached to an aromatic ring is 1. The van der Waals surface area contributed by atoms with E-state index in [4.69, 9.17) is 19.9 Å². The lowest BCUT2D eigenvalue weighted by Gasteiger charge is -2.10. The number of halogens is 1. The van der Waals surface area contributed by atoms with Gasteiger partial charge >= 0.3 is 0 Å². The lowest BCUT2D eigenvalue weighted by Crippen LogP contribution is -2.11. The van der Waals surface area contributed by atoms with E-state index in [0.29, 0.717) is 43.4 Å². The van der Waals surface area contributed by atoms with E-state index in [1.165, 1.54) is 6.07 Å². The Morgan fingerprint density at radius 3 is 2.59 bits per heavy atom. The highest BCUT2D eigenvalue weighted by molar-refractivity contribution is 5.54. The van der Waals surface area contributed by atoms with Crippen molar-refractivity contribution in [1.82, 2.24) is 0 Å². The van der Waals surface area contributed by atoms with Crippen molar-refractivity contribution >= 4 is 5.69 Å². The summed E-state index contributed by atoms with van der Waals surface area (Å²) in [6.07, 6.45) is 0. The maximum atomic E-state index is 13.1. The van der Waals surface area contributed by atoms with E-state index in [2.05, 4.69) is 0 Å². The molecule has 0 aliphatic carbocycles. The third-order valence-corrected chi connectivity index (χ3v) is 2.21. The van der Waals surface area contributed by atoms with Crippen molar-refractivity contribution in [1.29, 1.82) is 0 Å². The number of nitrogens with two attached hydrogens (primary N) is 1. The Labute approximate surface area is 100 Å². The molecular weight excluding hydrogens is 225 g/mol. The largest absolute Gasteiger partial charge is 0.489 e. The number of anilines is 1. The van der Waals surface area contributed by atoms with Crippen LogP contribution in [-0.4, -0.2) is 33.5 Å². The quantitative estimate of drug-likeness (QED) is 0.585. The molecule has 0 aliphatic rings. The van der Waals surface area contributed by atoms with Crippen LogP contribution in [-0.2, 0) is 9.47 Å². The summed E-state index contributed by atoms with van der Waals surface area (Å²) < 4.78 is 28.6. The minimum atomic E-state index is -0.328. The van der Waals surface area contributed by atoms with Gasteiger partial charge in [-0.2, -0.15) is 0 Å². The highest BCUT2D eigenvalue weighted by atomic mass is 19.1. The number of benzene rings is 1. The van der Waals surface area contributed by atoms with Gasteiger partial charge in [0.25, 0.3) is 0 Å². The Kier molecular flexibility index (Phi) is 5.72. The fraction of sp³-hybridized carbons (Fsp3) is 0.500. The predicted molar refractivity (Wildman–Crippen MR) is 63.7 cm³/mol. The first-order valence-corrected chi connectivity index (χ1v) is 5.40. The van der Waals surface area contributed by atoms with Crippen LogP contribution in [0.25, 0.3) is 0 Å². The molecule has 0 bridgehead atoms. The summed E-state index contributed by atoms with van der Waals surface area (Å²) in [5, 5.41) is 0. The molecule has 17 heavy (non-hydrogen) atoms. The van der Waals surface area contributed by atoms with Gasteiger partial charge in [-0.1, -0.05) is 0 Å². The molecule has 0 fully saturated rings. The molecule has 1 aromatic rings. The standard InChI is InChI=1S/C12H18FNO3/c1-9-7-12(11(14)8-10(9)13)17-6-5-16-4-3-15-2/h7-8H,3-6,14H2,1-2H3. The molecule has 0 unspecified atom stereocenters. The molecule has 0 heterocycles. The van der Waals surface area contributed by atoms with Gasteiger partial charge in [-0.3, -0.25) is 0 Å². The zero-order valence-electron chi connectivity index (χ0n) is 10.2. The van der Waals surface area contributed by atoms with E-state index >= 15 is 0 Å². The monoisotopic (exact) mass is 243 g/mol. The van der Waals surface area contributed by atoms with E-state index < -0.39 is 0 Å². The van der Waals surface area contributed by atoms with Crippen LogP contribution < -0.4 is 10.5 Å². The fourth-order valence-corrected chi connectivity index (χ4v) is 1.25. The molecule has 0 spiro atoms. The van der Waals surface area contributed by atoms with Crippen molar-refractivity contribution < 1.29 is 18.6 Å². The Morgan fingerprint density at radius 2 is 1.88 bits per heavy atom. The van der Waals surface area contributed by atoms with Crippen LogP contribution in [0, 0.1) is 12.7 Å². The van der Waals surface area contributed by atoms with Crippen molar-refractivity contribution in [2.24, 2.45) is 0 Å². The molecule has 0 aliphatic heterocycles. The second-order valence-corrected chi connectivity index (χ2v) is 3.59. The molecule has 1 aromatic carbocycles. The second kappa shape index (κ2) is 7.09. The molecule has 0 atom stereocenters. The normalized spacial score (nSPS) is 10.5. The minimum absolute atomic E-state index is 0.296. The number of hydrogen-bond donors (Lipinski definition) is 1. The smallest absolute Gasteiger partial charge is 0.142 e. The maximum absolute atomic E-state index is 13.1. The molecule has 0 saturated heterocycles. The molecule has 0 saturated carbocycles. The summed E-state index contributed by atoms with van der Waals surface area (Å²) in [4.78, 5) is 0. The second-order valence-electron chi connectivity index (χ2n) is 3.59. The highest BCUT2D eigenvalue weighted by Gasteiger charge is 2.05. The summed E-state index contributed by atoms with van der Waals surface area (Å²) in [5.74, 6) is 0.158. The first kappa shape index (κ1) is 13.7. The first-order chi connectivity index (χ1) is 8.15. The molecule has 2 N–H and O–H groups in total. The van der Waals surface area contributed by atoms with Crippen LogP contribution in [0.5, 0.6) is 5.75 Å². The molecule has 4 nitrogen and oxygen atoms in total. The van der Waals surface area contributed by atoms with E-state index in [1.54, 1.807) is 20.1 Å². The molecule has 0 amide bonds. The van der Waals surface area contributed by atoms with Gasteiger partial charge in [0.05, 0.1) is 25.5 Å². The maximum Gasteiger partial charge on any atom is 0.142 e. The van der Waals surface area contributed by atoms with Gasteiger partial charge < -0.3 is 19.9 Å². The van der Waals surface area contributed by atoms with E-state index in [0.717, 1.165) is 0 Å². The number of rotatable bonds is 7. The topological polar surface area (TPSA) is 53.7 Å². The molecule has 0 radical (unpaired) electrons. The Hall–Kier alpha value is -1.33. The van der Waals surface area contributed by atoms with Gasteiger partial charge in [-0.15, -0.1) is 0 Å². The van der Waals surface area contributed by atoms with Crippen molar-refractivity contribution in [3.63, 3.8) is 0 Å². The van der Waals surface area contributed by atoms with Gasteiger partial charge in [-0.05, 0) is 18.6 Å². The first-order valence-electron chi connectivity index (χ1n) is 5.40. The van der Waals surface area contributed by atoms with Crippen molar-refractivity contribution in [3.8, 4) is 5.75 Å². The zero-order valence-corrected chi connectivity index (χ0v) is 10.2. The van der Waals surface area contributed by atoms with E-state index in [1.807, 2.05) is 0 Å². The third kappa shape index (κ3) is 4.58. The summed E-state index contributed by atoms with van der Waals surface area (Å²) >= 11 is 0. The van der Waals surface area contributed by atoms with Crippen LogP contribution in [0.3, 0.4) is 0 Å². The summed E-state index contributed by atoms with van der Waals surface area (Å²) in [7, 11) is 1.61. The van der Waals surface area contributed by atoms with Crippen molar-refractivity contribution in [3.05, 3.63) is 23.5 Å². The van der Waals surface area contributed by atoms with Crippen LogP contribution >= 0.6 is 0 Å². The Balaban J connectivity index is 2.34. The Morgan fingerprint density at radius 1 is 1.18 bits per heavy atom. The molecule has 1 rings (SSSR count). The fourth-order valence-electron chi connectivity index (χ4n) is 1.25. The molecule has 0 aromatic heterocycles. The average molecular weight is 243 g/mol. The van der Waals surface area contributed by atoms with Crippen LogP contribution in [0.4, 0.5) is 10.1 Å². The number of hydrogen-bond acceptors (Lipinski definition) is 4.